The van der Waals surface area contributed by atoms with E-state index in [1.807, 2.05) is 0 Å². The van der Waals surface area contributed by atoms with Crippen molar-refractivity contribution in [2.24, 2.45) is 0 Å². The molecule has 0 atom stereocenters. The Hall–Kier alpha value is -1.55. The van der Waals surface area contributed by atoms with E-state index in [2.05, 4.69) is 16.1 Å². The van der Waals surface area contributed by atoms with E-state index >= 15 is 0 Å². The number of esters is 2. The summed E-state index contributed by atoms with van der Waals surface area (Å²) < 4.78 is 64.2. The second-order valence-corrected chi connectivity index (χ2v) is 4.91. The maximum Gasteiger partial charge on any atom is 0.344 e. The number of carbonyl (C=O) groups is 2. The molecule has 10 heteroatoms. The summed E-state index contributed by atoms with van der Waals surface area (Å²) in [4.78, 5) is 21.7. The smallest absolute Gasteiger partial charge is 0.344 e. The van der Waals surface area contributed by atoms with Gasteiger partial charge in [0.05, 0.1) is 0 Å². The van der Waals surface area contributed by atoms with Crippen LogP contribution in [0.1, 0.15) is 13.3 Å². The lowest BCUT2D eigenvalue weighted by Gasteiger charge is -2.18. The van der Waals surface area contributed by atoms with Gasteiger partial charge in [0.15, 0.2) is 10.1 Å². The largest absolute Gasteiger partial charge is 0.743 e. The van der Waals surface area contributed by atoms with Crippen LogP contribution in [0, 0.1) is 0 Å². The van der Waals surface area contributed by atoms with E-state index in [0.717, 1.165) is 0 Å². The van der Waals surface area contributed by atoms with Gasteiger partial charge < -0.3 is 14.0 Å². The van der Waals surface area contributed by atoms with Crippen molar-refractivity contribution in [1.82, 2.24) is 0 Å². The Balaban J connectivity index is 4.09. The molecule has 0 aliphatic heterocycles. The minimum atomic E-state index is -5.93. The molecule has 0 aromatic rings. The highest BCUT2D eigenvalue weighted by Crippen LogP contribution is 2.24. The number of ether oxygens (including phenoxy) is 2. The minimum absolute atomic E-state index is 0.0929. The van der Waals surface area contributed by atoms with Gasteiger partial charge in [-0.25, -0.2) is 13.2 Å². The molecule has 0 N–H and O–H groups in total. The Morgan fingerprint density at radius 1 is 1.26 bits per heavy atom. The van der Waals surface area contributed by atoms with E-state index in [1.165, 1.54) is 6.92 Å². The van der Waals surface area contributed by atoms with E-state index in [-0.39, 0.29) is 5.57 Å². The average Bonchev–Trinajstić information content (AvgIpc) is 2.21. The Bertz CT molecular complexity index is 469. The minimum Gasteiger partial charge on any atom is -0.743 e. The molecule has 7 nitrogen and oxygen atoms in total. The van der Waals surface area contributed by atoms with Crippen molar-refractivity contribution in [3.8, 4) is 0 Å². The Labute approximate surface area is 107 Å². The molecule has 19 heavy (non-hydrogen) atoms. The molecule has 110 valence electrons. The third-order valence-electron chi connectivity index (χ3n) is 1.64. The molecule has 0 heterocycles. The summed E-state index contributed by atoms with van der Waals surface area (Å²) >= 11 is 0. The molecular formula is C9H11F2O7S-. The molecule has 0 fully saturated rings. The molecule has 0 saturated heterocycles. The zero-order valence-electron chi connectivity index (χ0n) is 9.85. The first-order chi connectivity index (χ1) is 8.47. The fourth-order valence-corrected chi connectivity index (χ4v) is 1.02. The summed E-state index contributed by atoms with van der Waals surface area (Å²) in [5.41, 5.74) is 0.0929. The number of rotatable bonds is 7. The highest BCUT2D eigenvalue weighted by atomic mass is 32.2. The van der Waals surface area contributed by atoms with Gasteiger partial charge >= 0.3 is 17.2 Å². The van der Waals surface area contributed by atoms with Gasteiger partial charge in [0.2, 0.25) is 0 Å². The van der Waals surface area contributed by atoms with Gasteiger partial charge in [0, 0.05) is 5.57 Å². The van der Waals surface area contributed by atoms with Gasteiger partial charge in [0.25, 0.3) is 0 Å². The van der Waals surface area contributed by atoms with Gasteiger partial charge in [-0.2, -0.15) is 8.78 Å². The lowest BCUT2D eigenvalue weighted by atomic mass is 10.4. The van der Waals surface area contributed by atoms with Crippen molar-refractivity contribution in [1.29, 1.82) is 0 Å². The molecule has 0 aromatic carbocycles. The van der Waals surface area contributed by atoms with Gasteiger partial charge in [-0.1, -0.05) is 6.58 Å². The Morgan fingerprint density at radius 3 is 2.16 bits per heavy atom. The highest BCUT2D eigenvalue weighted by molar-refractivity contribution is 7.86. The maximum absolute atomic E-state index is 12.6. The Kier molecular flexibility index (Phi) is 6.03. The molecular weight excluding hydrogens is 290 g/mol. The predicted octanol–water partition coefficient (Wildman–Crippen LogP) is 0.177. The molecule has 0 aliphatic carbocycles. The summed E-state index contributed by atoms with van der Waals surface area (Å²) in [7, 11) is -5.93. The number of halogens is 2. The van der Waals surface area contributed by atoms with Crippen molar-refractivity contribution in [2.75, 3.05) is 13.2 Å². The topological polar surface area (TPSA) is 110 Å². The quantitative estimate of drug-likeness (QED) is 0.285. The summed E-state index contributed by atoms with van der Waals surface area (Å²) in [6, 6.07) is 0. The lowest BCUT2D eigenvalue weighted by molar-refractivity contribution is -0.153. The molecule has 0 aromatic heterocycles. The third-order valence-corrected chi connectivity index (χ3v) is 2.52. The summed E-state index contributed by atoms with van der Waals surface area (Å²) in [6.45, 7) is 3.67. The van der Waals surface area contributed by atoms with Crippen LogP contribution in [-0.2, 0) is 29.2 Å². The monoisotopic (exact) mass is 301 g/mol. The number of alkyl halides is 2. The number of hydrogen-bond acceptors (Lipinski definition) is 7. The summed E-state index contributed by atoms with van der Waals surface area (Å²) in [5.74, 6) is -2.36. The molecule has 0 amide bonds. The third kappa shape index (κ3) is 6.25. The van der Waals surface area contributed by atoms with Crippen LogP contribution >= 0.6 is 0 Å². The maximum atomic E-state index is 12.6. The summed E-state index contributed by atoms with van der Waals surface area (Å²) in [6.07, 6.45) is -1.90. The van der Waals surface area contributed by atoms with Crippen molar-refractivity contribution >= 4 is 22.1 Å². The molecule has 0 unspecified atom stereocenters. The SMILES string of the molecule is C=C(C)C(=O)OCCOC(=O)CC(F)(F)S(=O)(=O)[O-]. The fourth-order valence-electron chi connectivity index (χ4n) is 0.721. The highest BCUT2D eigenvalue weighted by Gasteiger charge is 2.40. The standard InChI is InChI=1S/C9H12F2O7S/c1-6(2)8(13)18-4-3-17-7(12)5-9(10,11)19(14,15)16/h1,3-5H2,2H3,(H,14,15,16)/p-1. The van der Waals surface area contributed by atoms with Crippen LogP contribution in [0.3, 0.4) is 0 Å². The lowest BCUT2D eigenvalue weighted by Crippen LogP contribution is -2.32. The first-order valence-corrected chi connectivity index (χ1v) is 6.19. The zero-order chi connectivity index (χ0) is 15.3. The van der Waals surface area contributed by atoms with Crippen LogP contribution in [0.25, 0.3) is 0 Å². The zero-order valence-corrected chi connectivity index (χ0v) is 10.7. The van der Waals surface area contributed by atoms with E-state index in [0.29, 0.717) is 0 Å². The van der Waals surface area contributed by atoms with Crippen LogP contribution in [-0.4, -0.2) is 43.4 Å². The number of hydrogen-bond donors (Lipinski definition) is 0. The van der Waals surface area contributed by atoms with Crippen molar-refractivity contribution in [2.45, 2.75) is 18.6 Å². The van der Waals surface area contributed by atoms with Crippen LogP contribution in [0.4, 0.5) is 8.78 Å². The van der Waals surface area contributed by atoms with Crippen molar-refractivity contribution < 1.29 is 40.8 Å². The molecule has 0 rings (SSSR count). The van der Waals surface area contributed by atoms with Gasteiger partial charge in [0.1, 0.15) is 19.6 Å². The van der Waals surface area contributed by atoms with Crippen LogP contribution in [0.5, 0.6) is 0 Å². The van der Waals surface area contributed by atoms with Gasteiger partial charge in [-0.3, -0.25) is 4.79 Å². The van der Waals surface area contributed by atoms with E-state index in [4.69, 9.17) is 0 Å². The van der Waals surface area contributed by atoms with Crippen molar-refractivity contribution in [3.63, 3.8) is 0 Å². The molecule has 0 spiro atoms. The van der Waals surface area contributed by atoms with Crippen LogP contribution < -0.4 is 0 Å². The predicted molar refractivity (Wildman–Crippen MR) is 56.0 cm³/mol. The first kappa shape index (κ1) is 17.4. The van der Waals surface area contributed by atoms with Crippen molar-refractivity contribution in [3.05, 3.63) is 12.2 Å². The second-order valence-electron chi connectivity index (χ2n) is 3.40. The Morgan fingerprint density at radius 2 is 1.74 bits per heavy atom. The average molecular weight is 301 g/mol. The van der Waals surface area contributed by atoms with E-state index in [9.17, 15) is 31.3 Å². The van der Waals surface area contributed by atoms with Crippen LogP contribution in [0.15, 0.2) is 12.2 Å². The first-order valence-electron chi connectivity index (χ1n) is 4.79. The van der Waals surface area contributed by atoms with Gasteiger partial charge in [-0.05, 0) is 6.92 Å². The molecule has 0 saturated carbocycles. The molecule has 0 bridgehead atoms. The van der Waals surface area contributed by atoms with E-state index in [1.54, 1.807) is 0 Å². The molecule has 0 aliphatic rings. The van der Waals surface area contributed by atoms with Crippen LogP contribution in [0.2, 0.25) is 0 Å². The fraction of sp³-hybridized carbons (Fsp3) is 0.556. The summed E-state index contributed by atoms with van der Waals surface area (Å²) in [5, 5.41) is -4.74. The van der Waals surface area contributed by atoms with Gasteiger partial charge in [-0.15, -0.1) is 0 Å². The normalized spacial score (nSPS) is 11.8. The molecule has 0 radical (unpaired) electrons. The number of carbonyl (C=O) groups excluding carboxylic acids is 2. The second kappa shape index (κ2) is 6.57. The van der Waals surface area contributed by atoms with E-state index < -0.39 is 46.9 Å².